The molecular weight excluding hydrogens is 246 g/mol. The van der Waals surface area contributed by atoms with Crippen molar-refractivity contribution in [3.05, 3.63) is 0 Å². The van der Waals surface area contributed by atoms with Crippen molar-refractivity contribution < 1.29 is 15.1 Å². The lowest BCUT2D eigenvalue weighted by atomic mass is 9.66. The Morgan fingerprint density at radius 2 is 2.00 bits per heavy atom. The van der Waals surface area contributed by atoms with Crippen molar-refractivity contribution in [2.24, 2.45) is 22.2 Å². The molecule has 0 radical (unpaired) electrons. The minimum absolute atomic E-state index is 0.0157. The lowest BCUT2D eigenvalue weighted by Gasteiger charge is -2.44. The summed E-state index contributed by atoms with van der Waals surface area (Å²) in [6.07, 6.45) is 3.58. The zero-order valence-corrected chi connectivity index (χ0v) is 11.4. The molecule has 1 unspecified atom stereocenters. The van der Waals surface area contributed by atoms with Gasteiger partial charge in [0.05, 0.1) is 6.10 Å². The first kappa shape index (κ1) is 14.1. The van der Waals surface area contributed by atoms with Gasteiger partial charge in [-0.05, 0) is 38.5 Å². The predicted octanol–water partition coefficient (Wildman–Crippen LogP) is 0.522. The first-order valence-electron chi connectivity index (χ1n) is 6.96. The first-order chi connectivity index (χ1) is 9.01. The average molecular weight is 269 g/mol. The molecule has 1 atom stereocenters. The summed E-state index contributed by atoms with van der Waals surface area (Å²) in [7, 11) is 0. The molecule has 1 saturated heterocycles. The summed E-state index contributed by atoms with van der Waals surface area (Å²) in [5, 5.41) is 21.5. The van der Waals surface area contributed by atoms with E-state index in [2.05, 4.69) is 5.16 Å². The average Bonchev–Trinajstić information content (AvgIpc) is 2.37. The number of carbonyl (C=O) groups excluding carboxylic acids is 1. The molecule has 1 saturated carbocycles. The Bertz CT molecular complexity index is 369. The molecule has 0 spiro atoms. The van der Waals surface area contributed by atoms with E-state index in [4.69, 9.17) is 10.9 Å². The molecule has 2 fully saturated rings. The fourth-order valence-corrected chi connectivity index (χ4v) is 3.09. The van der Waals surface area contributed by atoms with E-state index in [0.717, 1.165) is 19.3 Å². The highest BCUT2D eigenvalue weighted by Gasteiger charge is 2.50. The lowest BCUT2D eigenvalue weighted by molar-refractivity contribution is -0.144. The number of hydrogen-bond acceptors (Lipinski definition) is 4. The highest BCUT2D eigenvalue weighted by molar-refractivity contribution is 6.07. The Hall–Kier alpha value is -1.30. The number of amidine groups is 1. The van der Waals surface area contributed by atoms with Crippen molar-refractivity contribution >= 4 is 11.7 Å². The molecule has 0 aromatic carbocycles. The number of aliphatic hydroxyl groups excluding tert-OH is 1. The van der Waals surface area contributed by atoms with Crippen LogP contribution in [0.4, 0.5) is 0 Å². The van der Waals surface area contributed by atoms with Crippen LogP contribution in [0, 0.1) is 11.3 Å². The highest BCUT2D eigenvalue weighted by Crippen LogP contribution is 2.43. The number of piperidine rings is 1. The summed E-state index contributed by atoms with van der Waals surface area (Å²) in [6.45, 7) is 3.09. The fraction of sp³-hybridized carbons (Fsp3) is 0.846. The zero-order chi connectivity index (χ0) is 14.0. The second kappa shape index (κ2) is 5.36. The monoisotopic (exact) mass is 269 g/mol. The summed E-state index contributed by atoms with van der Waals surface area (Å²) >= 11 is 0. The van der Waals surface area contributed by atoms with E-state index >= 15 is 0 Å². The van der Waals surface area contributed by atoms with Crippen LogP contribution in [-0.2, 0) is 4.79 Å². The van der Waals surface area contributed by atoms with E-state index < -0.39 is 5.41 Å². The lowest BCUT2D eigenvalue weighted by Crippen LogP contribution is -2.56. The Morgan fingerprint density at radius 1 is 1.42 bits per heavy atom. The van der Waals surface area contributed by atoms with Crippen LogP contribution in [0.5, 0.6) is 0 Å². The number of likely N-dealkylation sites (tertiary alicyclic amines) is 1. The second-order valence-electron chi connectivity index (χ2n) is 5.79. The van der Waals surface area contributed by atoms with Crippen LogP contribution in [0.1, 0.15) is 39.0 Å². The van der Waals surface area contributed by atoms with Crippen LogP contribution < -0.4 is 5.73 Å². The molecule has 1 aliphatic heterocycles. The van der Waals surface area contributed by atoms with E-state index in [1.165, 1.54) is 0 Å². The van der Waals surface area contributed by atoms with Gasteiger partial charge in [-0.25, -0.2) is 0 Å². The van der Waals surface area contributed by atoms with Gasteiger partial charge in [0.2, 0.25) is 5.91 Å². The molecule has 0 aromatic heterocycles. The minimum atomic E-state index is -0.771. The van der Waals surface area contributed by atoms with E-state index in [1.807, 2.05) is 0 Å². The molecule has 6 heteroatoms. The highest BCUT2D eigenvalue weighted by atomic mass is 16.4. The number of nitrogens with two attached hydrogens (primary N) is 1. The third kappa shape index (κ3) is 2.41. The second-order valence-corrected chi connectivity index (χ2v) is 5.79. The van der Waals surface area contributed by atoms with Crippen LogP contribution >= 0.6 is 0 Å². The predicted molar refractivity (Wildman–Crippen MR) is 70.7 cm³/mol. The van der Waals surface area contributed by atoms with Gasteiger partial charge >= 0.3 is 0 Å². The topological polar surface area (TPSA) is 99.2 Å². The van der Waals surface area contributed by atoms with Crippen LogP contribution in [0.3, 0.4) is 0 Å². The molecule has 4 N–H and O–H groups in total. The largest absolute Gasteiger partial charge is 0.409 e. The van der Waals surface area contributed by atoms with Crippen molar-refractivity contribution in [1.29, 1.82) is 0 Å². The molecule has 0 bridgehead atoms. The zero-order valence-electron chi connectivity index (χ0n) is 11.4. The molecule has 0 aromatic rings. The molecule has 1 aliphatic carbocycles. The number of amides is 1. The summed E-state index contributed by atoms with van der Waals surface area (Å²) in [5.74, 6) is 0.296. The third-order valence-corrected chi connectivity index (χ3v) is 4.72. The maximum Gasteiger partial charge on any atom is 0.236 e. The number of aliphatic hydroxyl groups is 1. The number of hydrogen-bond donors (Lipinski definition) is 3. The molecule has 2 rings (SSSR count). The van der Waals surface area contributed by atoms with Crippen molar-refractivity contribution in [2.45, 2.75) is 45.1 Å². The first-order valence-corrected chi connectivity index (χ1v) is 6.96. The van der Waals surface area contributed by atoms with Crippen molar-refractivity contribution in [3.8, 4) is 0 Å². The standard InChI is InChI=1S/C13H23N3O3/c1-9(17)10-3-7-16(8-4-10)12(18)13(5-2-6-13)11(14)15-19/h9-10,17,19H,2-8H2,1H3,(H2,14,15). The normalized spacial score (nSPS) is 25.8. The van der Waals surface area contributed by atoms with Gasteiger partial charge in [0, 0.05) is 13.1 Å². The van der Waals surface area contributed by atoms with Crippen LogP contribution in [-0.4, -0.2) is 46.1 Å². The maximum absolute atomic E-state index is 12.6. The van der Waals surface area contributed by atoms with E-state index in [0.29, 0.717) is 25.9 Å². The van der Waals surface area contributed by atoms with E-state index in [9.17, 15) is 9.90 Å². The summed E-state index contributed by atoms with van der Waals surface area (Å²) in [4.78, 5) is 14.4. The maximum atomic E-state index is 12.6. The van der Waals surface area contributed by atoms with Crippen LogP contribution in [0.25, 0.3) is 0 Å². The van der Waals surface area contributed by atoms with Gasteiger partial charge in [0.25, 0.3) is 0 Å². The molecule has 1 heterocycles. The van der Waals surface area contributed by atoms with Gasteiger partial charge in [0.15, 0.2) is 5.84 Å². The fourth-order valence-electron chi connectivity index (χ4n) is 3.09. The Balaban J connectivity index is 2.01. The van der Waals surface area contributed by atoms with Gasteiger partial charge < -0.3 is 20.9 Å². The van der Waals surface area contributed by atoms with Crippen LogP contribution in [0.2, 0.25) is 0 Å². The van der Waals surface area contributed by atoms with E-state index in [1.54, 1.807) is 11.8 Å². The summed E-state index contributed by atoms with van der Waals surface area (Å²) in [5.41, 5.74) is 4.94. The quantitative estimate of drug-likeness (QED) is 0.301. The van der Waals surface area contributed by atoms with E-state index in [-0.39, 0.29) is 23.8 Å². The molecule has 2 aliphatic rings. The van der Waals surface area contributed by atoms with Crippen molar-refractivity contribution in [3.63, 3.8) is 0 Å². The third-order valence-electron chi connectivity index (χ3n) is 4.72. The Morgan fingerprint density at radius 3 is 2.37 bits per heavy atom. The van der Waals surface area contributed by atoms with Gasteiger partial charge in [-0.1, -0.05) is 11.6 Å². The molecule has 19 heavy (non-hydrogen) atoms. The van der Waals surface area contributed by atoms with Crippen molar-refractivity contribution in [1.82, 2.24) is 4.90 Å². The summed E-state index contributed by atoms with van der Waals surface area (Å²) in [6, 6.07) is 0. The van der Waals surface area contributed by atoms with Gasteiger partial charge in [-0.3, -0.25) is 4.79 Å². The molecule has 108 valence electrons. The molecule has 6 nitrogen and oxygen atoms in total. The van der Waals surface area contributed by atoms with Gasteiger partial charge in [-0.15, -0.1) is 0 Å². The van der Waals surface area contributed by atoms with Crippen molar-refractivity contribution in [2.75, 3.05) is 13.1 Å². The number of oxime groups is 1. The van der Waals surface area contributed by atoms with Gasteiger partial charge in [-0.2, -0.15) is 0 Å². The Labute approximate surface area is 113 Å². The minimum Gasteiger partial charge on any atom is -0.409 e. The smallest absolute Gasteiger partial charge is 0.236 e. The SMILES string of the molecule is CC(O)C1CCN(C(=O)C2(C(N)=NO)CCC2)CC1. The van der Waals surface area contributed by atoms with Gasteiger partial charge in [0.1, 0.15) is 5.41 Å². The number of nitrogens with zero attached hydrogens (tertiary/aromatic N) is 2. The number of rotatable bonds is 3. The number of carbonyl (C=O) groups is 1. The molecular formula is C13H23N3O3. The van der Waals surface area contributed by atoms with Crippen LogP contribution in [0.15, 0.2) is 5.16 Å². The summed E-state index contributed by atoms with van der Waals surface area (Å²) < 4.78 is 0. The Kier molecular flexibility index (Phi) is 3.99. The molecule has 1 amide bonds.